The molecule has 2 aliphatic rings. The lowest BCUT2D eigenvalue weighted by molar-refractivity contribution is 0.0730. The Morgan fingerprint density at radius 2 is 1.80 bits per heavy atom. The molecule has 3 aromatic rings. The van der Waals surface area contributed by atoms with Crippen LogP contribution in [0.2, 0.25) is 0 Å². The summed E-state index contributed by atoms with van der Waals surface area (Å²) in [4.78, 5) is 17.3. The van der Waals surface area contributed by atoms with Crippen LogP contribution in [0.1, 0.15) is 34.5 Å². The lowest BCUT2D eigenvalue weighted by Crippen LogP contribution is -2.40. The van der Waals surface area contributed by atoms with Gasteiger partial charge in [-0.05, 0) is 62.1 Å². The molecule has 0 atom stereocenters. The van der Waals surface area contributed by atoms with Gasteiger partial charge in [0.2, 0.25) is 10.0 Å². The Labute approximate surface area is 205 Å². The van der Waals surface area contributed by atoms with E-state index < -0.39 is 10.0 Å². The van der Waals surface area contributed by atoms with E-state index in [1.54, 1.807) is 18.3 Å². The van der Waals surface area contributed by atoms with Crippen molar-refractivity contribution in [1.82, 2.24) is 24.4 Å². The van der Waals surface area contributed by atoms with Gasteiger partial charge in [0.25, 0.3) is 5.91 Å². The van der Waals surface area contributed by atoms with Gasteiger partial charge in [-0.3, -0.25) is 14.5 Å². The highest BCUT2D eigenvalue weighted by atomic mass is 32.2. The summed E-state index contributed by atoms with van der Waals surface area (Å²) in [6.45, 7) is 2.44. The van der Waals surface area contributed by atoms with Crippen LogP contribution in [0.3, 0.4) is 0 Å². The van der Waals surface area contributed by atoms with E-state index in [0.717, 1.165) is 37.1 Å². The van der Waals surface area contributed by atoms with Gasteiger partial charge < -0.3 is 10.1 Å². The molecule has 0 spiro atoms. The predicted molar refractivity (Wildman–Crippen MR) is 130 cm³/mol. The van der Waals surface area contributed by atoms with Crippen molar-refractivity contribution in [3.63, 3.8) is 0 Å². The summed E-state index contributed by atoms with van der Waals surface area (Å²) in [5.41, 5.74) is 4.72. The molecule has 10 heteroatoms. The first kappa shape index (κ1) is 23.7. The summed E-state index contributed by atoms with van der Waals surface area (Å²) in [6.07, 6.45) is 6.02. The van der Waals surface area contributed by atoms with E-state index in [2.05, 4.69) is 10.3 Å². The highest BCUT2D eigenvalue weighted by Gasteiger charge is 2.26. The van der Waals surface area contributed by atoms with Crippen LogP contribution in [0.5, 0.6) is 0 Å². The molecule has 1 aliphatic carbocycles. The number of carbonyl (C=O) groups is 1. The molecular weight excluding hydrogens is 466 g/mol. The largest absolute Gasteiger partial charge is 0.379 e. The summed E-state index contributed by atoms with van der Waals surface area (Å²) in [7, 11) is -3.58. The number of hydrogen-bond acceptors (Lipinski definition) is 6. The van der Waals surface area contributed by atoms with E-state index >= 15 is 0 Å². The number of rotatable bonds is 7. The number of carbonyl (C=O) groups excluding carboxylic acids is 1. The number of sulfonamides is 1. The third kappa shape index (κ3) is 5.00. The van der Waals surface area contributed by atoms with Crippen LogP contribution in [-0.2, 0) is 34.1 Å². The molecule has 0 unspecified atom stereocenters. The first-order valence-electron chi connectivity index (χ1n) is 12.0. The maximum absolute atomic E-state index is 12.8. The van der Waals surface area contributed by atoms with Gasteiger partial charge in [-0.25, -0.2) is 8.42 Å². The monoisotopic (exact) mass is 495 g/mol. The molecule has 0 saturated carbocycles. The fourth-order valence-electron chi connectivity index (χ4n) is 4.66. The minimum absolute atomic E-state index is 0.182. The van der Waals surface area contributed by atoms with Crippen LogP contribution in [0.15, 0.2) is 53.6 Å². The first-order chi connectivity index (χ1) is 17.0. The number of hydrogen-bond donors (Lipinski definition) is 1. The van der Waals surface area contributed by atoms with Crippen molar-refractivity contribution in [2.75, 3.05) is 32.8 Å². The Kier molecular flexibility index (Phi) is 6.94. The molecule has 1 amide bonds. The number of morpholine rings is 1. The van der Waals surface area contributed by atoms with Gasteiger partial charge in [0, 0.05) is 42.7 Å². The van der Waals surface area contributed by atoms with E-state index in [1.807, 2.05) is 22.9 Å². The third-order valence-corrected chi connectivity index (χ3v) is 8.41. The van der Waals surface area contributed by atoms with Crippen molar-refractivity contribution in [2.45, 2.75) is 37.1 Å². The van der Waals surface area contributed by atoms with Crippen LogP contribution in [0.25, 0.3) is 11.4 Å². The van der Waals surface area contributed by atoms with Crippen LogP contribution in [0.4, 0.5) is 0 Å². The summed E-state index contributed by atoms with van der Waals surface area (Å²) in [6, 6.07) is 11.9. The van der Waals surface area contributed by atoms with Crippen molar-refractivity contribution in [1.29, 1.82) is 0 Å². The number of aromatic nitrogens is 3. The molecular formula is C25H29N5O4S. The minimum Gasteiger partial charge on any atom is -0.379 e. The predicted octanol–water partition coefficient (Wildman–Crippen LogP) is 2.27. The second-order valence-electron chi connectivity index (χ2n) is 8.72. The first-order valence-corrected chi connectivity index (χ1v) is 13.4. The summed E-state index contributed by atoms with van der Waals surface area (Å²) < 4.78 is 34.2. The Hall–Kier alpha value is -3.08. The Bertz CT molecular complexity index is 1280. The zero-order valence-electron chi connectivity index (χ0n) is 19.5. The summed E-state index contributed by atoms with van der Waals surface area (Å²) >= 11 is 0. The number of nitrogens with one attached hydrogen (secondary N) is 1. The van der Waals surface area contributed by atoms with Crippen molar-refractivity contribution in [3.05, 3.63) is 65.5 Å². The lowest BCUT2D eigenvalue weighted by atomic mass is 9.95. The number of benzene rings is 1. The van der Waals surface area contributed by atoms with Gasteiger partial charge in [-0.15, -0.1) is 0 Å². The topological polar surface area (TPSA) is 106 Å². The van der Waals surface area contributed by atoms with Crippen molar-refractivity contribution in [3.8, 4) is 11.4 Å². The average Bonchev–Trinajstić information content (AvgIpc) is 3.28. The number of nitrogens with zero attached hydrogens (tertiary/aromatic N) is 4. The molecule has 1 fully saturated rings. The smallest absolute Gasteiger partial charge is 0.251 e. The standard InChI is InChI=1S/C25H29N5O4S/c31-25(19-8-10-20(11-9-19)35(32,33)29-15-17-34-18-16-29)27-13-14-30-23-7-2-1-5-21(23)24(28-30)22-6-3-4-12-26-22/h3-4,6,8-12H,1-2,5,7,13-18H2,(H,27,31). The quantitative estimate of drug-likeness (QED) is 0.539. The van der Waals surface area contributed by atoms with Crippen LogP contribution >= 0.6 is 0 Å². The van der Waals surface area contributed by atoms with E-state index in [0.29, 0.717) is 45.0 Å². The van der Waals surface area contributed by atoms with Crippen molar-refractivity contribution >= 4 is 15.9 Å². The number of pyridine rings is 1. The minimum atomic E-state index is -3.58. The molecule has 35 heavy (non-hydrogen) atoms. The van der Waals surface area contributed by atoms with Gasteiger partial charge in [0.05, 0.1) is 30.3 Å². The van der Waals surface area contributed by atoms with E-state index in [-0.39, 0.29) is 10.8 Å². The molecule has 3 heterocycles. The van der Waals surface area contributed by atoms with E-state index in [1.165, 1.54) is 27.7 Å². The molecule has 1 aromatic carbocycles. The van der Waals surface area contributed by atoms with Crippen LogP contribution in [0, 0.1) is 0 Å². The van der Waals surface area contributed by atoms with Gasteiger partial charge in [0.15, 0.2) is 0 Å². The molecule has 5 rings (SSSR count). The molecule has 9 nitrogen and oxygen atoms in total. The molecule has 184 valence electrons. The SMILES string of the molecule is O=C(NCCn1nc(-c2ccccn2)c2c1CCCC2)c1ccc(S(=O)(=O)N2CCOCC2)cc1. The highest BCUT2D eigenvalue weighted by molar-refractivity contribution is 7.89. The van der Waals surface area contributed by atoms with Gasteiger partial charge >= 0.3 is 0 Å². The Morgan fingerprint density at radius 3 is 2.54 bits per heavy atom. The zero-order valence-corrected chi connectivity index (χ0v) is 20.3. The summed E-state index contributed by atoms with van der Waals surface area (Å²) in [5.74, 6) is -0.244. The summed E-state index contributed by atoms with van der Waals surface area (Å²) in [5, 5.41) is 7.77. The fourth-order valence-corrected chi connectivity index (χ4v) is 6.06. The second kappa shape index (κ2) is 10.3. The number of amides is 1. The lowest BCUT2D eigenvalue weighted by Gasteiger charge is -2.26. The molecule has 0 radical (unpaired) electrons. The zero-order chi connectivity index (χ0) is 24.3. The third-order valence-electron chi connectivity index (χ3n) is 6.50. The van der Waals surface area contributed by atoms with Crippen LogP contribution < -0.4 is 5.32 Å². The highest BCUT2D eigenvalue weighted by Crippen LogP contribution is 2.30. The normalized spacial score (nSPS) is 16.6. The van der Waals surface area contributed by atoms with Gasteiger partial charge in [-0.2, -0.15) is 9.40 Å². The molecule has 1 aliphatic heterocycles. The molecule has 2 aromatic heterocycles. The Morgan fingerprint density at radius 1 is 1.03 bits per heavy atom. The second-order valence-corrected chi connectivity index (χ2v) is 10.7. The maximum atomic E-state index is 12.8. The average molecular weight is 496 g/mol. The van der Waals surface area contributed by atoms with Gasteiger partial charge in [0.1, 0.15) is 5.69 Å². The van der Waals surface area contributed by atoms with Gasteiger partial charge in [-0.1, -0.05) is 6.07 Å². The fraction of sp³-hybridized carbons (Fsp3) is 0.400. The number of ether oxygens (including phenoxy) is 1. The van der Waals surface area contributed by atoms with E-state index in [4.69, 9.17) is 9.84 Å². The van der Waals surface area contributed by atoms with Crippen LogP contribution in [-0.4, -0.2) is 66.2 Å². The van der Waals surface area contributed by atoms with Crippen molar-refractivity contribution in [2.24, 2.45) is 0 Å². The number of fused-ring (bicyclic) bond motifs is 1. The molecule has 1 N–H and O–H groups in total. The molecule has 0 bridgehead atoms. The van der Waals surface area contributed by atoms with E-state index in [9.17, 15) is 13.2 Å². The Balaban J connectivity index is 1.23. The molecule has 1 saturated heterocycles. The maximum Gasteiger partial charge on any atom is 0.251 e. The van der Waals surface area contributed by atoms with Crippen molar-refractivity contribution < 1.29 is 17.9 Å².